The van der Waals surface area contributed by atoms with Crippen LogP contribution in [0.4, 0.5) is 0 Å². The van der Waals surface area contributed by atoms with Crippen LogP contribution in [-0.2, 0) is 23.8 Å². The summed E-state index contributed by atoms with van der Waals surface area (Å²) in [6.07, 6.45) is 9.07. The molecule has 0 amide bonds. The molecule has 1 unspecified atom stereocenters. The Hall–Kier alpha value is -0.920. The van der Waals surface area contributed by atoms with E-state index in [0.717, 1.165) is 56.8 Å². The molecular formula is C22H34O6S. The van der Waals surface area contributed by atoms with Crippen LogP contribution < -0.4 is 0 Å². The van der Waals surface area contributed by atoms with Crippen LogP contribution in [-0.4, -0.2) is 45.6 Å². The minimum Gasteiger partial charge on any atom is -0.469 e. The largest absolute Gasteiger partial charge is 0.469 e. The van der Waals surface area contributed by atoms with Crippen molar-refractivity contribution in [2.75, 3.05) is 20.0 Å². The van der Waals surface area contributed by atoms with Crippen molar-refractivity contribution in [1.29, 1.82) is 0 Å². The Balaban J connectivity index is 1.79. The standard InChI is InChI=1S/C22H34O6S/c1-20-9-5-10-21(2,19(24)27-3)16(20)8-11-22-12-14(13-23)15(6-7-17(20)22)18(22)28-29(4,25)26/h12,15-18,23H,5-11,13H2,1-4H3/t15-,16-,17-,18?,20+,21+,22-/m0/s1. The number of ether oxygens (including phenoxy) is 1. The van der Waals surface area contributed by atoms with Crippen molar-refractivity contribution in [3.05, 3.63) is 11.6 Å². The Kier molecular flexibility index (Phi) is 4.99. The van der Waals surface area contributed by atoms with E-state index in [-0.39, 0.29) is 41.2 Å². The molecule has 0 radical (unpaired) electrons. The second-order valence-corrected chi connectivity index (χ2v) is 11.9. The van der Waals surface area contributed by atoms with Crippen LogP contribution >= 0.6 is 0 Å². The molecular weight excluding hydrogens is 392 g/mol. The van der Waals surface area contributed by atoms with Crippen molar-refractivity contribution in [2.45, 2.75) is 64.9 Å². The number of methoxy groups -OCH3 is 1. The van der Waals surface area contributed by atoms with Crippen molar-refractivity contribution in [2.24, 2.45) is 34.0 Å². The normalized spacial score (nSPS) is 46.4. The molecule has 164 valence electrons. The number of esters is 1. The lowest BCUT2D eigenvalue weighted by molar-refractivity contribution is -0.190. The van der Waals surface area contributed by atoms with Crippen molar-refractivity contribution >= 4 is 16.1 Å². The van der Waals surface area contributed by atoms with Crippen LogP contribution in [0.3, 0.4) is 0 Å². The summed E-state index contributed by atoms with van der Waals surface area (Å²) in [5, 5.41) is 9.97. The van der Waals surface area contributed by atoms with Crippen molar-refractivity contribution < 1.29 is 27.2 Å². The van der Waals surface area contributed by atoms with E-state index in [4.69, 9.17) is 8.92 Å². The predicted molar refractivity (Wildman–Crippen MR) is 108 cm³/mol. The fourth-order valence-electron chi connectivity index (χ4n) is 8.04. The van der Waals surface area contributed by atoms with Gasteiger partial charge in [0.15, 0.2) is 0 Å². The minimum atomic E-state index is -3.62. The first kappa shape index (κ1) is 21.3. The number of rotatable bonds is 4. The van der Waals surface area contributed by atoms with Gasteiger partial charge >= 0.3 is 5.97 Å². The Morgan fingerprint density at radius 2 is 1.90 bits per heavy atom. The van der Waals surface area contributed by atoms with Gasteiger partial charge in [-0.25, -0.2) is 0 Å². The molecule has 0 aromatic heterocycles. The van der Waals surface area contributed by atoms with E-state index in [1.165, 1.54) is 7.11 Å². The zero-order valence-corrected chi connectivity index (χ0v) is 18.8. The van der Waals surface area contributed by atoms with Gasteiger partial charge in [0.25, 0.3) is 10.1 Å². The van der Waals surface area contributed by atoms with Crippen LogP contribution in [0.2, 0.25) is 0 Å². The smallest absolute Gasteiger partial charge is 0.311 e. The molecule has 0 aromatic carbocycles. The van der Waals surface area contributed by atoms with E-state index in [2.05, 4.69) is 19.9 Å². The monoisotopic (exact) mass is 426 g/mol. The molecule has 0 heterocycles. The number of carbonyl (C=O) groups excluding carboxylic acids is 1. The summed E-state index contributed by atoms with van der Waals surface area (Å²) in [5.41, 5.74) is -0.0563. The zero-order valence-electron chi connectivity index (χ0n) is 17.9. The highest BCUT2D eigenvalue weighted by molar-refractivity contribution is 7.86. The molecule has 2 bridgehead atoms. The van der Waals surface area contributed by atoms with Gasteiger partial charge in [0, 0.05) is 11.3 Å². The molecule has 7 heteroatoms. The molecule has 4 rings (SSSR count). The lowest BCUT2D eigenvalue weighted by Gasteiger charge is -2.64. The van der Waals surface area contributed by atoms with Gasteiger partial charge in [0.2, 0.25) is 0 Å². The fourth-order valence-corrected chi connectivity index (χ4v) is 8.73. The molecule has 4 aliphatic rings. The number of fused-ring (bicyclic) bond motifs is 3. The zero-order chi connectivity index (χ0) is 21.2. The summed E-state index contributed by atoms with van der Waals surface area (Å²) in [6.45, 7) is 4.30. The number of hydrogen-bond acceptors (Lipinski definition) is 6. The Bertz CT molecular complexity index is 834. The van der Waals surface area contributed by atoms with Crippen LogP contribution in [0.1, 0.15) is 58.8 Å². The lowest BCUT2D eigenvalue weighted by atomic mass is 9.40. The van der Waals surface area contributed by atoms with Crippen LogP contribution in [0.25, 0.3) is 0 Å². The van der Waals surface area contributed by atoms with E-state index in [1.807, 2.05) is 0 Å². The maximum absolute atomic E-state index is 12.8. The molecule has 4 aliphatic carbocycles. The van der Waals surface area contributed by atoms with Crippen molar-refractivity contribution in [1.82, 2.24) is 0 Å². The van der Waals surface area contributed by atoms with Gasteiger partial charge in [-0.1, -0.05) is 19.4 Å². The topological polar surface area (TPSA) is 89.9 Å². The SMILES string of the molecule is COC(=O)[C@]1(C)CCC[C@]2(C)[C@@H]1CC[C@]13C=C(CO)[C@H](CC[C@@H]21)C3OS(C)(=O)=O. The average molecular weight is 427 g/mol. The number of carbonyl (C=O) groups is 1. The second kappa shape index (κ2) is 6.79. The summed E-state index contributed by atoms with van der Waals surface area (Å²) in [5.74, 6) is 0.264. The van der Waals surface area contributed by atoms with Crippen LogP contribution in [0.5, 0.6) is 0 Å². The maximum atomic E-state index is 12.8. The third kappa shape index (κ3) is 2.94. The summed E-state index contributed by atoms with van der Waals surface area (Å²) in [4.78, 5) is 12.8. The second-order valence-electron chi connectivity index (χ2n) is 10.3. The molecule has 0 aromatic rings. The summed E-state index contributed by atoms with van der Waals surface area (Å²) in [6, 6.07) is 0. The van der Waals surface area contributed by atoms with Gasteiger partial charge in [-0.15, -0.1) is 0 Å². The summed E-state index contributed by atoms with van der Waals surface area (Å²) >= 11 is 0. The average Bonchev–Trinajstić information content (AvgIpc) is 2.81. The number of aliphatic hydroxyl groups excluding tert-OH is 1. The maximum Gasteiger partial charge on any atom is 0.311 e. The molecule has 29 heavy (non-hydrogen) atoms. The molecule has 0 aliphatic heterocycles. The highest BCUT2D eigenvalue weighted by atomic mass is 32.2. The molecule has 1 N–H and O–H groups in total. The Morgan fingerprint density at radius 1 is 1.17 bits per heavy atom. The third-order valence-corrected chi connectivity index (χ3v) is 9.55. The van der Waals surface area contributed by atoms with Crippen LogP contribution in [0, 0.1) is 34.0 Å². The van der Waals surface area contributed by atoms with E-state index < -0.39 is 21.6 Å². The van der Waals surface area contributed by atoms with E-state index in [0.29, 0.717) is 0 Å². The molecule has 3 fully saturated rings. The fraction of sp³-hybridized carbons (Fsp3) is 0.864. The Labute approximate surface area is 174 Å². The van der Waals surface area contributed by atoms with Crippen LogP contribution in [0.15, 0.2) is 11.6 Å². The first-order valence-electron chi connectivity index (χ1n) is 10.8. The van der Waals surface area contributed by atoms with E-state index in [1.54, 1.807) is 0 Å². The van der Waals surface area contributed by atoms with Gasteiger partial charge in [0.1, 0.15) is 0 Å². The van der Waals surface area contributed by atoms with Gasteiger partial charge < -0.3 is 9.84 Å². The molecule has 7 atom stereocenters. The van der Waals surface area contributed by atoms with E-state index in [9.17, 15) is 18.3 Å². The van der Waals surface area contributed by atoms with E-state index >= 15 is 0 Å². The quantitative estimate of drug-likeness (QED) is 0.422. The molecule has 3 saturated carbocycles. The summed E-state index contributed by atoms with van der Waals surface area (Å²) < 4.78 is 35.2. The highest BCUT2D eigenvalue weighted by Gasteiger charge is 2.68. The van der Waals surface area contributed by atoms with Crippen molar-refractivity contribution in [3.63, 3.8) is 0 Å². The highest BCUT2D eigenvalue weighted by Crippen LogP contribution is 2.71. The number of hydrogen-bond donors (Lipinski definition) is 1. The van der Waals surface area contributed by atoms with Crippen molar-refractivity contribution in [3.8, 4) is 0 Å². The van der Waals surface area contributed by atoms with Gasteiger partial charge in [-0.3, -0.25) is 8.98 Å². The predicted octanol–water partition coefficient (Wildman–Crippen LogP) is 3.06. The van der Waals surface area contributed by atoms with Gasteiger partial charge in [0.05, 0.1) is 31.5 Å². The minimum absolute atomic E-state index is 0.0401. The first-order valence-corrected chi connectivity index (χ1v) is 12.6. The number of aliphatic hydroxyl groups is 1. The third-order valence-electron chi connectivity index (χ3n) is 8.99. The molecule has 6 nitrogen and oxygen atoms in total. The van der Waals surface area contributed by atoms with Gasteiger partial charge in [-0.05, 0) is 68.3 Å². The summed E-state index contributed by atoms with van der Waals surface area (Å²) in [7, 11) is -2.14. The molecule has 1 spiro atoms. The first-order chi connectivity index (χ1) is 13.5. The molecule has 0 saturated heterocycles. The van der Waals surface area contributed by atoms with Gasteiger partial charge in [-0.2, -0.15) is 8.42 Å². The Morgan fingerprint density at radius 3 is 2.52 bits per heavy atom. The lowest BCUT2D eigenvalue weighted by Crippen LogP contribution is -2.62.